The van der Waals surface area contributed by atoms with Crippen molar-refractivity contribution < 1.29 is 19.2 Å². The minimum atomic E-state index is -0.508. The second kappa shape index (κ2) is 9.13. The van der Waals surface area contributed by atoms with E-state index in [4.69, 9.17) is 16.3 Å². The van der Waals surface area contributed by atoms with Gasteiger partial charge in [-0.2, -0.15) is 0 Å². The number of ether oxygens (including phenoxy) is 1. The molecule has 0 atom stereocenters. The maximum absolute atomic E-state index is 12.7. The molecule has 2 rings (SSSR count). The standard InChI is InChI=1S/C21H24ClN3O5/c1-21(2,3)15-8-6-13(10-17(15)25(28)29)20(27)24(4)12-19(26)23-16-11-14(22)7-9-18(16)30-5/h6-11H,12H2,1-5H3,(H,23,26). The minimum absolute atomic E-state index is 0.130. The molecule has 8 nitrogen and oxygen atoms in total. The van der Waals surface area contributed by atoms with E-state index in [-0.39, 0.29) is 17.8 Å². The van der Waals surface area contributed by atoms with Gasteiger partial charge in [-0.3, -0.25) is 19.7 Å². The number of carbonyl (C=O) groups is 2. The van der Waals surface area contributed by atoms with E-state index in [0.29, 0.717) is 22.0 Å². The van der Waals surface area contributed by atoms with E-state index in [0.717, 1.165) is 0 Å². The summed E-state index contributed by atoms with van der Waals surface area (Å²) in [6, 6.07) is 9.13. The number of rotatable bonds is 6. The number of nitrogens with zero attached hydrogens (tertiary/aromatic N) is 2. The first-order valence-corrected chi connectivity index (χ1v) is 9.49. The average molecular weight is 434 g/mol. The van der Waals surface area contributed by atoms with E-state index in [2.05, 4.69) is 5.32 Å². The Morgan fingerprint density at radius 3 is 2.43 bits per heavy atom. The number of nitrogens with one attached hydrogen (secondary N) is 1. The normalized spacial score (nSPS) is 11.0. The third kappa shape index (κ3) is 5.48. The molecule has 0 aliphatic rings. The van der Waals surface area contributed by atoms with Gasteiger partial charge in [0.25, 0.3) is 11.6 Å². The van der Waals surface area contributed by atoms with Crippen LogP contribution in [0.15, 0.2) is 36.4 Å². The number of benzene rings is 2. The first kappa shape index (κ1) is 23.2. The van der Waals surface area contributed by atoms with Gasteiger partial charge >= 0.3 is 0 Å². The van der Waals surface area contributed by atoms with E-state index in [1.165, 1.54) is 37.3 Å². The number of amides is 2. The summed E-state index contributed by atoms with van der Waals surface area (Å²) in [7, 11) is 2.91. The van der Waals surface area contributed by atoms with Crippen LogP contribution in [0, 0.1) is 10.1 Å². The van der Waals surface area contributed by atoms with Crippen molar-refractivity contribution in [3.05, 3.63) is 62.7 Å². The third-order valence-corrected chi connectivity index (χ3v) is 4.65. The van der Waals surface area contributed by atoms with Gasteiger partial charge < -0.3 is 15.0 Å². The van der Waals surface area contributed by atoms with Gasteiger partial charge in [0, 0.05) is 29.3 Å². The summed E-state index contributed by atoms with van der Waals surface area (Å²) in [6.45, 7) is 5.32. The van der Waals surface area contributed by atoms with Crippen LogP contribution >= 0.6 is 11.6 Å². The Bertz CT molecular complexity index is 985. The molecule has 0 fully saturated rings. The molecule has 0 heterocycles. The lowest BCUT2D eigenvalue weighted by Gasteiger charge is -2.21. The molecule has 160 valence electrons. The fourth-order valence-electron chi connectivity index (χ4n) is 2.93. The Morgan fingerprint density at radius 2 is 1.87 bits per heavy atom. The Labute approximate surface area is 179 Å². The number of halogens is 1. The van der Waals surface area contributed by atoms with Crippen molar-refractivity contribution in [1.29, 1.82) is 0 Å². The number of hydrogen-bond acceptors (Lipinski definition) is 5. The molecule has 0 spiro atoms. The van der Waals surface area contributed by atoms with E-state index in [9.17, 15) is 19.7 Å². The number of nitro benzene ring substituents is 1. The SMILES string of the molecule is COc1ccc(Cl)cc1NC(=O)CN(C)C(=O)c1ccc(C(C)(C)C)c([N+](=O)[O-])c1. The summed E-state index contributed by atoms with van der Waals surface area (Å²) in [5, 5.41) is 14.5. The number of likely N-dealkylation sites (N-methyl/N-ethyl adjacent to an activating group) is 1. The van der Waals surface area contributed by atoms with Crippen LogP contribution < -0.4 is 10.1 Å². The molecule has 0 unspecified atom stereocenters. The molecular formula is C21H24ClN3O5. The van der Waals surface area contributed by atoms with Gasteiger partial charge in [-0.25, -0.2) is 0 Å². The number of anilines is 1. The van der Waals surface area contributed by atoms with Gasteiger partial charge in [0.15, 0.2) is 0 Å². The van der Waals surface area contributed by atoms with Crippen molar-refractivity contribution in [2.24, 2.45) is 0 Å². The molecule has 2 amide bonds. The number of methoxy groups -OCH3 is 1. The Kier molecular flexibility index (Phi) is 7.04. The second-order valence-corrected chi connectivity index (χ2v) is 8.23. The van der Waals surface area contributed by atoms with Crippen molar-refractivity contribution in [2.45, 2.75) is 26.2 Å². The van der Waals surface area contributed by atoms with Gasteiger partial charge in [0.1, 0.15) is 5.75 Å². The fraction of sp³-hybridized carbons (Fsp3) is 0.333. The van der Waals surface area contributed by atoms with Crippen LogP contribution in [0.25, 0.3) is 0 Å². The zero-order valence-corrected chi connectivity index (χ0v) is 18.2. The first-order valence-electron chi connectivity index (χ1n) is 9.12. The zero-order chi connectivity index (χ0) is 22.6. The third-order valence-electron chi connectivity index (χ3n) is 4.41. The maximum atomic E-state index is 12.7. The predicted molar refractivity (Wildman–Crippen MR) is 115 cm³/mol. The summed E-state index contributed by atoms with van der Waals surface area (Å²) in [5.74, 6) is -0.547. The van der Waals surface area contributed by atoms with E-state index in [1.807, 2.05) is 20.8 Å². The monoisotopic (exact) mass is 433 g/mol. The van der Waals surface area contributed by atoms with E-state index in [1.54, 1.807) is 18.2 Å². The van der Waals surface area contributed by atoms with Gasteiger partial charge in [-0.05, 0) is 29.7 Å². The lowest BCUT2D eigenvalue weighted by molar-refractivity contribution is -0.386. The maximum Gasteiger partial charge on any atom is 0.273 e. The first-order chi connectivity index (χ1) is 13.9. The van der Waals surface area contributed by atoms with Crippen LogP contribution in [0.2, 0.25) is 5.02 Å². The van der Waals surface area contributed by atoms with Crippen molar-refractivity contribution >= 4 is 34.8 Å². The molecule has 2 aromatic carbocycles. The van der Waals surface area contributed by atoms with Crippen molar-refractivity contribution in [3.63, 3.8) is 0 Å². The Hall–Kier alpha value is -3.13. The predicted octanol–water partition coefficient (Wildman–Crippen LogP) is 4.27. The van der Waals surface area contributed by atoms with Gasteiger partial charge in [0.05, 0.1) is 24.3 Å². The van der Waals surface area contributed by atoms with Crippen LogP contribution in [0.3, 0.4) is 0 Å². The van der Waals surface area contributed by atoms with Crippen LogP contribution in [-0.2, 0) is 10.2 Å². The van der Waals surface area contributed by atoms with Gasteiger partial charge in [-0.1, -0.05) is 38.4 Å². The van der Waals surface area contributed by atoms with Crippen molar-refractivity contribution in [1.82, 2.24) is 4.90 Å². The molecule has 9 heteroatoms. The molecule has 30 heavy (non-hydrogen) atoms. The van der Waals surface area contributed by atoms with Gasteiger partial charge in [0.2, 0.25) is 5.91 Å². The molecule has 0 saturated carbocycles. The van der Waals surface area contributed by atoms with Crippen LogP contribution in [0.1, 0.15) is 36.7 Å². The second-order valence-electron chi connectivity index (χ2n) is 7.79. The van der Waals surface area contributed by atoms with E-state index >= 15 is 0 Å². The molecule has 2 aromatic rings. The lowest BCUT2D eigenvalue weighted by atomic mass is 9.85. The summed E-state index contributed by atoms with van der Waals surface area (Å²) in [4.78, 5) is 37.3. The van der Waals surface area contributed by atoms with Crippen LogP contribution in [-0.4, -0.2) is 42.3 Å². The Morgan fingerprint density at radius 1 is 1.20 bits per heavy atom. The van der Waals surface area contributed by atoms with Gasteiger partial charge in [-0.15, -0.1) is 0 Å². The molecule has 0 aliphatic heterocycles. The Balaban J connectivity index is 2.18. The summed E-state index contributed by atoms with van der Waals surface area (Å²) < 4.78 is 5.18. The van der Waals surface area contributed by atoms with Crippen molar-refractivity contribution in [2.75, 3.05) is 26.0 Å². The molecular weight excluding hydrogens is 410 g/mol. The minimum Gasteiger partial charge on any atom is -0.495 e. The quantitative estimate of drug-likeness (QED) is 0.541. The molecule has 0 aliphatic carbocycles. The molecule has 0 aromatic heterocycles. The topological polar surface area (TPSA) is 102 Å². The fourth-order valence-corrected chi connectivity index (χ4v) is 3.10. The molecule has 0 radical (unpaired) electrons. The number of hydrogen-bond donors (Lipinski definition) is 1. The largest absolute Gasteiger partial charge is 0.495 e. The summed E-state index contributed by atoms with van der Waals surface area (Å²) in [6.07, 6.45) is 0. The highest BCUT2D eigenvalue weighted by Crippen LogP contribution is 2.32. The average Bonchev–Trinajstić information content (AvgIpc) is 2.66. The lowest BCUT2D eigenvalue weighted by Crippen LogP contribution is -2.35. The summed E-state index contributed by atoms with van der Waals surface area (Å²) in [5.41, 5.74) is 0.449. The molecule has 0 saturated heterocycles. The van der Waals surface area contributed by atoms with Crippen molar-refractivity contribution in [3.8, 4) is 5.75 Å². The highest BCUT2D eigenvalue weighted by atomic mass is 35.5. The highest BCUT2D eigenvalue weighted by molar-refractivity contribution is 6.31. The molecule has 0 bridgehead atoms. The zero-order valence-electron chi connectivity index (χ0n) is 17.5. The highest BCUT2D eigenvalue weighted by Gasteiger charge is 2.27. The summed E-state index contributed by atoms with van der Waals surface area (Å²) >= 11 is 5.95. The smallest absolute Gasteiger partial charge is 0.273 e. The number of nitro groups is 1. The van der Waals surface area contributed by atoms with Crippen LogP contribution in [0.5, 0.6) is 5.75 Å². The van der Waals surface area contributed by atoms with Crippen LogP contribution in [0.4, 0.5) is 11.4 Å². The molecule has 1 N–H and O–H groups in total. The number of carbonyl (C=O) groups excluding carboxylic acids is 2. The van der Waals surface area contributed by atoms with E-state index < -0.39 is 22.2 Å².